The quantitative estimate of drug-likeness (QED) is 0.498. The zero-order chi connectivity index (χ0) is 22.1. The highest BCUT2D eigenvalue weighted by Crippen LogP contribution is 2.25. The van der Waals surface area contributed by atoms with Crippen LogP contribution in [-0.4, -0.2) is 72.1 Å². The summed E-state index contributed by atoms with van der Waals surface area (Å²) in [7, 11) is 2.75. The standard InChI is InChI=1S/C21H28N2O6S/c1-22(2)13-14-23(21(24)16-27-3)15-17-7-5-6-8-20(17)29-30(25,26)19-11-9-18(28-4)10-12-19/h5-12H,13-16H2,1-4H3. The number of carbonyl (C=O) groups excluding carboxylic acids is 1. The van der Waals surface area contributed by atoms with Crippen molar-refractivity contribution in [3.05, 3.63) is 54.1 Å². The van der Waals surface area contributed by atoms with Gasteiger partial charge in [-0.3, -0.25) is 4.79 Å². The molecular formula is C21H28N2O6S. The number of amides is 1. The Morgan fingerprint density at radius 1 is 0.967 bits per heavy atom. The van der Waals surface area contributed by atoms with Gasteiger partial charge in [-0.2, -0.15) is 8.42 Å². The van der Waals surface area contributed by atoms with Crippen molar-refractivity contribution >= 4 is 16.0 Å². The summed E-state index contributed by atoms with van der Waals surface area (Å²) < 4.78 is 40.9. The van der Waals surface area contributed by atoms with E-state index < -0.39 is 10.1 Å². The van der Waals surface area contributed by atoms with Gasteiger partial charge in [-0.1, -0.05) is 18.2 Å². The minimum atomic E-state index is -4.04. The highest BCUT2D eigenvalue weighted by molar-refractivity contribution is 7.87. The van der Waals surface area contributed by atoms with Crippen LogP contribution in [0.25, 0.3) is 0 Å². The molecule has 0 saturated carbocycles. The van der Waals surface area contributed by atoms with Crippen LogP contribution in [0.15, 0.2) is 53.4 Å². The van der Waals surface area contributed by atoms with Crippen molar-refractivity contribution in [1.29, 1.82) is 0 Å². The summed E-state index contributed by atoms with van der Waals surface area (Å²) in [6.07, 6.45) is 0. The van der Waals surface area contributed by atoms with Crippen molar-refractivity contribution in [1.82, 2.24) is 9.80 Å². The molecule has 2 rings (SSSR count). The number of ether oxygens (including phenoxy) is 2. The number of benzene rings is 2. The van der Waals surface area contributed by atoms with E-state index in [1.165, 1.54) is 26.4 Å². The molecule has 0 spiro atoms. The molecule has 2 aromatic rings. The number of likely N-dealkylation sites (N-methyl/N-ethyl adjacent to an activating group) is 1. The molecular weight excluding hydrogens is 408 g/mol. The molecule has 0 unspecified atom stereocenters. The Morgan fingerprint density at radius 3 is 2.23 bits per heavy atom. The van der Waals surface area contributed by atoms with Crippen LogP contribution in [0.2, 0.25) is 0 Å². The summed E-state index contributed by atoms with van der Waals surface area (Å²) in [4.78, 5) is 16.0. The Morgan fingerprint density at radius 2 is 1.63 bits per heavy atom. The highest BCUT2D eigenvalue weighted by Gasteiger charge is 2.21. The van der Waals surface area contributed by atoms with Crippen LogP contribution in [0.3, 0.4) is 0 Å². The maximum absolute atomic E-state index is 12.7. The number of hydrogen-bond donors (Lipinski definition) is 0. The molecule has 2 aromatic carbocycles. The van der Waals surface area contributed by atoms with Gasteiger partial charge in [-0.15, -0.1) is 0 Å². The number of hydrogen-bond acceptors (Lipinski definition) is 7. The van der Waals surface area contributed by atoms with Gasteiger partial charge in [0.15, 0.2) is 0 Å². The predicted molar refractivity (Wildman–Crippen MR) is 113 cm³/mol. The number of nitrogens with zero attached hydrogens (tertiary/aromatic N) is 2. The number of para-hydroxylation sites is 1. The molecule has 0 fully saturated rings. The molecule has 0 saturated heterocycles. The molecule has 1 amide bonds. The third-order valence-corrected chi connectivity index (χ3v) is 5.57. The Balaban J connectivity index is 2.25. The van der Waals surface area contributed by atoms with E-state index in [0.29, 0.717) is 24.4 Å². The third kappa shape index (κ3) is 6.72. The first-order chi connectivity index (χ1) is 14.3. The molecule has 164 valence electrons. The minimum absolute atomic E-state index is 0.0121. The zero-order valence-corrected chi connectivity index (χ0v) is 18.5. The fourth-order valence-electron chi connectivity index (χ4n) is 2.66. The van der Waals surface area contributed by atoms with Gasteiger partial charge in [0.05, 0.1) is 7.11 Å². The van der Waals surface area contributed by atoms with E-state index in [-0.39, 0.29) is 29.7 Å². The van der Waals surface area contributed by atoms with Gasteiger partial charge >= 0.3 is 10.1 Å². The van der Waals surface area contributed by atoms with Crippen molar-refractivity contribution in [2.24, 2.45) is 0 Å². The Hall–Kier alpha value is -2.62. The summed E-state index contributed by atoms with van der Waals surface area (Å²) in [5.74, 6) is 0.531. The molecule has 0 heterocycles. The van der Waals surface area contributed by atoms with Gasteiger partial charge in [0.1, 0.15) is 23.0 Å². The number of carbonyl (C=O) groups is 1. The topological polar surface area (TPSA) is 85.4 Å². The van der Waals surface area contributed by atoms with Crippen molar-refractivity contribution in [3.8, 4) is 11.5 Å². The molecule has 8 nitrogen and oxygen atoms in total. The van der Waals surface area contributed by atoms with E-state index in [4.69, 9.17) is 13.7 Å². The second-order valence-electron chi connectivity index (χ2n) is 6.87. The van der Waals surface area contributed by atoms with Gasteiger partial charge in [0.25, 0.3) is 0 Å². The van der Waals surface area contributed by atoms with E-state index in [2.05, 4.69) is 0 Å². The molecule has 0 N–H and O–H groups in total. The molecule has 0 aliphatic heterocycles. The normalized spacial score (nSPS) is 11.4. The summed E-state index contributed by atoms with van der Waals surface area (Å²) >= 11 is 0. The lowest BCUT2D eigenvalue weighted by atomic mass is 10.2. The van der Waals surface area contributed by atoms with Gasteiger partial charge < -0.3 is 23.5 Å². The SMILES string of the molecule is COCC(=O)N(CCN(C)C)Cc1ccccc1OS(=O)(=O)c1ccc(OC)cc1. The fourth-order valence-corrected chi connectivity index (χ4v) is 3.62. The predicted octanol–water partition coefficient (Wildman–Crippen LogP) is 2.00. The minimum Gasteiger partial charge on any atom is -0.497 e. The highest BCUT2D eigenvalue weighted by atomic mass is 32.2. The number of methoxy groups -OCH3 is 2. The lowest BCUT2D eigenvalue weighted by Gasteiger charge is -2.25. The first-order valence-electron chi connectivity index (χ1n) is 9.34. The summed E-state index contributed by atoms with van der Waals surface area (Å²) in [5, 5.41) is 0. The Labute approximate surface area is 178 Å². The lowest BCUT2D eigenvalue weighted by molar-refractivity contribution is -0.135. The molecule has 0 aromatic heterocycles. The van der Waals surface area contributed by atoms with Gasteiger partial charge in [-0.25, -0.2) is 0 Å². The third-order valence-electron chi connectivity index (χ3n) is 4.32. The fraction of sp³-hybridized carbons (Fsp3) is 0.381. The van der Waals surface area contributed by atoms with Gasteiger partial charge in [0, 0.05) is 32.3 Å². The van der Waals surface area contributed by atoms with E-state index in [1.54, 1.807) is 41.3 Å². The average molecular weight is 437 g/mol. The summed E-state index contributed by atoms with van der Waals surface area (Å²) in [6, 6.07) is 12.7. The van der Waals surface area contributed by atoms with Crippen LogP contribution < -0.4 is 8.92 Å². The maximum atomic E-state index is 12.7. The molecule has 9 heteroatoms. The van der Waals surface area contributed by atoms with E-state index in [9.17, 15) is 13.2 Å². The van der Waals surface area contributed by atoms with Crippen LogP contribution in [0.4, 0.5) is 0 Å². The van der Waals surface area contributed by atoms with Crippen LogP contribution in [-0.2, 0) is 26.2 Å². The molecule has 0 bridgehead atoms. The van der Waals surface area contributed by atoms with Crippen molar-refractivity contribution in [2.45, 2.75) is 11.4 Å². The summed E-state index contributed by atoms with van der Waals surface area (Å²) in [6.45, 7) is 1.27. The molecule has 30 heavy (non-hydrogen) atoms. The van der Waals surface area contributed by atoms with Crippen LogP contribution in [0, 0.1) is 0 Å². The van der Waals surface area contributed by atoms with Crippen LogP contribution in [0.1, 0.15) is 5.56 Å². The first kappa shape index (κ1) is 23.7. The zero-order valence-electron chi connectivity index (χ0n) is 17.7. The van der Waals surface area contributed by atoms with Gasteiger partial charge in [-0.05, 0) is 44.4 Å². The summed E-state index contributed by atoms with van der Waals surface area (Å²) in [5.41, 5.74) is 0.581. The maximum Gasteiger partial charge on any atom is 0.339 e. The van der Waals surface area contributed by atoms with Crippen molar-refractivity contribution in [2.75, 3.05) is 48.0 Å². The monoisotopic (exact) mass is 436 g/mol. The van der Waals surface area contributed by atoms with Crippen molar-refractivity contribution in [3.63, 3.8) is 0 Å². The van der Waals surface area contributed by atoms with E-state index >= 15 is 0 Å². The second-order valence-corrected chi connectivity index (χ2v) is 8.42. The molecule has 0 radical (unpaired) electrons. The second kappa shape index (κ2) is 11.0. The van der Waals surface area contributed by atoms with E-state index in [0.717, 1.165) is 0 Å². The first-order valence-corrected chi connectivity index (χ1v) is 10.8. The van der Waals surface area contributed by atoms with Crippen molar-refractivity contribution < 1.29 is 26.9 Å². The smallest absolute Gasteiger partial charge is 0.339 e. The van der Waals surface area contributed by atoms with E-state index in [1.807, 2.05) is 19.0 Å². The largest absolute Gasteiger partial charge is 0.497 e. The molecule has 0 atom stereocenters. The Bertz CT molecular complexity index is 929. The lowest BCUT2D eigenvalue weighted by Crippen LogP contribution is -2.38. The molecule has 0 aliphatic carbocycles. The Kier molecular flexibility index (Phi) is 8.64. The average Bonchev–Trinajstić information content (AvgIpc) is 2.72. The number of rotatable bonds is 11. The van der Waals surface area contributed by atoms with Crippen LogP contribution in [0.5, 0.6) is 11.5 Å². The van der Waals surface area contributed by atoms with Crippen LogP contribution >= 0.6 is 0 Å². The molecule has 0 aliphatic rings. The van der Waals surface area contributed by atoms with Gasteiger partial charge in [0.2, 0.25) is 5.91 Å².